The van der Waals surface area contributed by atoms with E-state index < -0.39 is 0 Å². The lowest BCUT2D eigenvalue weighted by Gasteiger charge is -2.58. The molecule has 0 unspecified atom stereocenters. The minimum atomic E-state index is 0.548. The maximum atomic E-state index is 2.75. The number of fused-ring (bicyclic) bond motifs is 5. The van der Waals surface area contributed by atoms with Crippen molar-refractivity contribution in [1.29, 1.82) is 0 Å². The van der Waals surface area contributed by atoms with Gasteiger partial charge in [0.05, 0.1) is 0 Å². The molecule has 3 fully saturated rings. The summed E-state index contributed by atoms with van der Waals surface area (Å²) >= 11 is 2.71. The molecule has 0 aromatic heterocycles. The molecule has 0 N–H and O–H groups in total. The predicted molar refractivity (Wildman–Crippen MR) is 131 cm³/mol. The smallest absolute Gasteiger partial charge is 0.0147 e. The van der Waals surface area contributed by atoms with Crippen molar-refractivity contribution in [2.24, 2.45) is 46.3 Å². The number of rotatable bonds is 5. The van der Waals surface area contributed by atoms with Gasteiger partial charge in [-0.3, -0.25) is 0 Å². The number of halogens is 1. The number of alkyl halides is 1. The fourth-order valence-corrected chi connectivity index (χ4v) is 9.43. The monoisotopic (exact) mass is 494 g/mol. The Balaban J connectivity index is 1.49. The number of allylic oxidation sites excluding steroid dienone is 2. The molecule has 0 aromatic carbocycles. The van der Waals surface area contributed by atoms with Crippen molar-refractivity contribution in [3.63, 3.8) is 0 Å². The Kier molecular flexibility index (Phi) is 6.35. The van der Waals surface area contributed by atoms with E-state index in [4.69, 9.17) is 0 Å². The number of hydrogen-bond donors (Lipinski definition) is 0. The van der Waals surface area contributed by atoms with Crippen LogP contribution in [0.1, 0.15) is 105 Å². The van der Waals surface area contributed by atoms with Gasteiger partial charge in [0.15, 0.2) is 0 Å². The molecule has 0 bridgehead atoms. The summed E-state index contributed by atoms with van der Waals surface area (Å²) in [4.78, 5) is 0. The molecule has 0 nitrogen and oxygen atoms in total. The quantitative estimate of drug-likeness (QED) is 0.203. The highest BCUT2D eigenvalue weighted by Gasteiger charge is 2.58. The van der Waals surface area contributed by atoms with Crippen molar-refractivity contribution in [3.05, 3.63) is 11.6 Å². The van der Waals surface area contributed by atoms with Crippen molar-refractivity contribution in [2.45, 2.75) is 109 Å². The second-order valence-electron chi connectivity index (χ2n) is 12.1. The van der Waals surface area contributed by atoms with Crippen molar-refractivity contribution >= 4 is 22.6 Å². The van der Waals surface area contributed by atoms with Crippen molar-refractivity contribution in [1.82, 2.24) is 0 Å². The largest absolute Gasteiger partial charge is 0.0844 e. The molecule has 8 atom stereocenters. The third-order valence-corrected chi connectivity index (χ3v) is 11.3. The average Bonchev–Trinajstić information content (AvgIpc) is 2.99. The van der Waals surface area contributed by atoms with Crippen LogP contribution in [0.15, 0.2) is 11.6 Å². The minimum Gasteiger partial charge on any atom is -0.0844 e. The van der Waals surface area contributed by atoms with Gasteiger partial charge in [0.2, 0.25) is 0 Å². The molecule has 0 aliphatic heterocycles. The lowest BCUT2D eigenvalue weighted by Crippen LogP contribution is -2.50. The third kappa shape index (κ3) is 3.66. The molecule has 1 heteroatoms. The van der Waals surface area contributed by atoms with Gasteiger partial charge < -0.3 is 0 Å². The van der Waals surface area contributed by atoms with Crippen LogP contribution in [0.25, 0.3) is 0 Å². The predicted octanol–water partition coefficient (Wildman–Crippen LogP) is 8.83. The van der Waals surface area contributed by atoms with Gasteiger partial charge in [0.1, 0.15) is 0 Å². The first-order valence-electron chi connectivity index (χ1n) is 12.6. The van der Waals surface area contributed by atoms with Gasteiger partial charge in [-0.05, 0) is 97.7 Å². The molecule has 0 radical (unpaired) electrons. The van der Waals surface area contributed by atoms with Crippen LogP contribution in [-0.4, -0.2) is 3.92 Å². The minimum absolute atomic E-state index is 0.548. The van der Waals surface area contributed by atoms with Crippen LogP contribution in [0.5, 0.6) is 0 Å². The van der Waals surface area contributed by atoms with Crippen molar-refractivity contribution in [2.75, 3.05) is 0 Å². The van der Waals surface area contributed by atoms with E-state index in [9.17, 15) is 0 Å². The standard InChI is InChI=1S/C27H45I/c1-18(2)7-6-8-19(3)23-11-12-24-22-10-9-20-17-21(28)13-15-26(20,4)25(22)14-16-27(23,24)5/h9,18-19,21-25H,6-8,10-17H2,1-5H3/t19-,21+,22+,23-,24+,25+,26+,27-/m1/s1/i28-2. The van der Waals surface area contributed by atoms with Gasteiger partial charge in [-0.2, -0.15) is 0 Å². The zero-order valence-electron chi connectivity index (χ0n) is 19.3. The first-order valence-corrected chi connectivity index (χ1v) is 13.8. The SMILES string of the molecule is CC(C)CCC[C@@H](C)[C@H]1CC[C@H]2[C@@H]3CC=C4C[C@@H]([125I])CC[C@]4(C)[C@H]3CC[C@]12C. The first kappa shape index (κ1) is 21.7. The van der Waals surface area contributed by atoms with Crippen LogP contribution in [-0.2, 0) is 0 Å². The molecule has 4 aliphatic rings. The van der Waals surface area contributed by atoms with Gasteiger partial charge in [-0.1, -0.05) is 88.1 Å². The van der Waals surface area contributed by atoms with Gasteiger partial charge in [0, 0.05) is 3.92 Å². The highest BCUT2D eigenvalue weighted by Crippen LogP contribution is 2.67. The Labute approximate surface area is 189 Å². The number of hydrogen-bond acceptors (Lipinski definition) is 0. The van der Waals surface area contributed by atoms with Crippen molar-refractivity contribution < 1.29 is 0 Å². The first-order chi connectivity index (χ1) is 13.3. The van der Waals surface area contributed by atoms with Crippen LogP contribution >= 0.6 is 22.6 Å². The van der Waals surface area contributed by atoms with E-state index in [-0.39, 0.29) is 0 Å². The summed E-state index contributed by atoms with van der Waals surface area (Å²) in [6.45, 7) is 12.8. The Morgan fingerprint density at radius 2 is 1.79 bits per heavy atom. The van der Waals surface area contributed by atoms with Crippen LogP contribution in [0.2, 0.25) is 0 Å². The lowest BCUT2D eigenvalue weighted by molar-refractivity contribution is -0.0495. The molecular formula is C27H45I. The second kappa shape index (κ2) is 8.19. The highest BCUT2D eigenvalue weighted by atomic mass is 125. The summed E-state index contributed by atoms with van der Waals surface area (Å²) in [5, 5.41) is 0. The van der Waals surface area contributed by atoms with E-state index in [2.05, 4.69) is 63.3 Å². The molecule has 160 valence electrons. The molecular weight excluding hydrogens is 449 g/mol. The maximum Gasteiger partial charge on any atom is 0.0147 e. The molecule has 4 rings (SSSR count). The van der Waals surface area contributed by atoms with E-state index in [1.54, 1.807) is 0 Å². The van der Waals surface area contributed by atoms with Crippen LogP contribution in [0.3, 0.4) is 0 Å². The molecule has 3 saturated carbocycles. The van der Waals surface area contributed by atoms with Crippen LogP contribution in [0, 0.1) is 46.3 Å². The Hall–Kier alpha value is 0.470. The van der Waals surface area contributed by atoms with Gasteiger partial charge in [0.25, 0.3) is 0 Å². The Bertz CT molecular complexity index is 591. The second-order valence-corrected chi connectivity index (χ2v) is 13.9. The van der Waals surface area contributed by atoms with Gasteiger partial charge in [-0.15, -0.1) is 0 Å². The topological polar surface area (TPSA) is 0 Å². The molecule has 28 heavy (non-hydrogen) atoms. The molecule has 0 saturated heterocycles. The highest BCUT2D eigenvalue weighted by molar-refractivity contribution is 14.1. The van der Waals surface area contributed by atoms with Crippen LogP contribution in [0.4, 0.5) is 0 Å². The van der Waals surface area contributed by atoms with E-state index in [0.717, 1.165) is 39.4 Å². The lowest BCUT2D eigenvalue weighted by atomic mass is 9.47. The summed E-state index contributed by atoms with van der Waals surface area (Å²) in [5.74, 6) is 5.79. The third-order valence-electron chi connectivity index (χ3n) is 10.2. The van der Waals surface area contributed by atoms with Crippen molar-refractivity contribution in [3.8, 4) is 0 Å². The van der Waals surface area contributed by atoms with E-state index >= 15 is 0 Å². The van der Waals surface area contributed by atoms with Gasteiger partial charge >= 0.3 is 0 Å². The summed E-state index contributed by atoms with van der Waals surface area (Å²) < 4.78 is 0.893. The van der Waals surface area contributed by atoms with Crippen LogP contribution < -0.4 is 0 Å². The molecule has 0 heterocycles. The summed E-state index contributed by atoms with van der Waals surface area (Å²) in [5.41, 5.74) is 3.05. The summed E-state index contributed by atoms with van der Waals surface area (Å²) in [6, 6.07) is 0. The normalized spacial score (nSPS) is 46.5. The Morgan fingerprint density at radius 1 is 1.00 bits per heavy atom. The zero-order valence-corrected chi connectivity index (χ0v) is 21.4. The van der Waals surface area contributed by atoms with E-state index in [1.165, 1.54) is 70.6 Å². The fourth-order valence-electron chi connectivity index (χ4n) is 8.64. The zero-order chi connectivity index (χ0) is 20.1. The molecule has 0 spiro atoms. The fraction of sp³-hybridized carbons (Fsp3) is 0.926. The molecule has 4 aliphatic carbocycles. The molecule has 0 amide bonds. The van der Waals surface area contributed by atoms with E-state index in [0.29, 0.717) is 10.8 Å². The molecule has 0 aromatic rings. The van der Waals surface area contributed by atoms with E-state index in [1.807, 2.05) is 5.57 Å². The Morgan fingerprint density at radius 3 is 2.54 bits per heavy atom. The van der Waals surface area contributed by atoms with Gasteiger partial charge in [-0.25, -0.2) is 0 Å². The summed E-state index contributed by atoms with van der Waals surface area (Å²) in [6.07, 6.45) is 18.9. The average molecular weight is 495 g/mol. The summed E-state index contributed by atoms with van der Waals surface area (Å²) in [7, 11) is 0. The maximum absolute atomic E-state index is 2.75.